The van der Waals surface area contributed by atoms with Gasteiger partial charge in [0.2, 0.25) is 0 Å². The highest BCUT2D eigenvalue weighted by Crippen LogP contribution is 2.39. The molecular formula is C37H26N4. The average Bonchev–Trinajstić information content (AvgIpc) is 3.06. The van der Waals surface area contributed by atoms with Gasteiger partial charge in [-0.25, -0.2) is 4.98 Å². The molecule has 7 rings (SSSR count). The Morgan fingerprint density at radius 2 is 1.00 bits per heavy atom. The van der Waals surface area contributed by atoms with Gasteiger partial charge in [-0.15, -0.1) is 0 Å². The Kier molecular flexibility index (Phi) is 6.48. The number of rotatable bonds is 6. The maximum absolute atomic E-state index is 4.92. The highest BCUT2D eigenvalue weighted by Gasteiger charge is 2.16. The zero-order valence-corrected chi connectivity index (χ0v) is 22.3. The number of aromatic nitrogens is 3. The van der Waals surface area contributed by atoms with Gasteiger partial charge in [-0.1, -0.05) is 78.9 Å². The standard InChI is InChI=1S/C37H26N4/c1-2-13-30(14-3-1)41(37-18-10-12-28-11-4-5-15-32(28)37)31-21-19-27(20-22-31)29-25-35(33-16-6-8-23-38-33)40-36(26-29)34-17-7-9-24-39-34/h1-26H. The van der Waals surface area contributed by atoms with Crippen molar-refractivity contribution in [1.82, 2.24) is 15.0 Å². The van der Waals surface area contributed by atoms with Gasteiger partial charge in [0.1, 0.15) is 0 Å². The van der Waals surface area contributed by atoms with Crippen molar-refractivity contribution in [2.75, 3.05) is 4.90 Å². The Bertz CT molecular complexity index is 1860. The Hall–Kier alpha value is -5.61. The maximum Gasteiger partial charge on any atom is 0.0900 e. The monoisotopic (exact) mass is 526 g/mol. The van der Waals surface area contributed by atoms with E-state index in [2.05, 4.69) is 124 Å². The van der Waals surface area contributed by atoms with E-state index in [4.69, 9.17) is 4.98 Å². The quantitative estimate of drug-likeness (QED) is 0.216. The predicted octanol–water partition coefficient (Wildman–Crippen LogP) is 9.50. The normalized spacial score (nSPS) is 10.9. The smallest absolute Gasteiger partial charge is 0.0900 e. The number of benzene rings is 4. The Morgan fingerprint density at radius 3 is 1.66 bits per heavy atom. The van der Waals surface area contributed by atoms with E-state index in [9.17, 15) is 0 Å². The molecule has 0 saturated heterocycles. The van der Waals surface area contributed by atoms with Gasteiger partial charge in [-0.3, -0.25) is 9.97 Å². The number of hydrogen-bond donors (Lipinski definition) is 0. The molecule has 4 aromatic carbocycles. The fraction of sp³-hybridized carbons (Fsp3) is 0. The summed E-state index contributed by atoms with van der Waals surface area (Å²) in [4.78, 5) is 16.4. The van der Waals surface area contributed by atoms with Crippen LogP contribution in [0.3, 0.4) is 0 Å². The first kappa shape index (κ1) is 24.4. The van der Waals surface area contributed by atoms with Crippen molar-refractivity contribution >= 4 is 27.8 Å². The number of pyridine rings is 3. The number of anilines is 3. The lowest BCUT2D eigenvalue weighted by Crippen LogP contribution is -2.10. The van der Waals surface area contributed by atoms with Crippen LogP contribution in [0.2, 0.25) is 0 Å². The molecule has 0 aliphatic rings. The summed E-state index contributed by atoms with van der Waals surface area (Å²) in [6, 6.07) is 50.2. The van der Waals surface area contributed by atoms with Gasteiger partial charge in [-0.05, 0) is 83.2 Å². The molecule has 3 aromatic heterocycles. The molecule has 4 nitrogen and oxygen atoms in total. The van der Waals surface area contributed by atoms with Crippen LogP contribution in [-0.2, 0) is 0 Å². The van der Waals surface area contributed by atoms with Crippen LogP contribution in [0.1, 0.15) is 0 Å². The minimum absolute atomic E-state index is 0.814. The van der Waals surface area contributed by atoms with E-state index in [-0.39, 0.29) is 0 Å². The molecule has 0 radical (unpaired) electrons. The third kappa shape index (κ3) is 4.95. The molecule has 7 aromatic rings. The van der Waals surface area contributed by atoms with Crippen molar-refractivity contribution in [1.29, 1.82) is 0 Å². The largest absolute Gasteiger partial charge is 0.310 e. The van der Waals surface area contributed by atoms with Crippen molar-refractivity contribution < 1.29 is 0 Å². The molecule has 3 heterocycles. The summed E-state index contributed by atoms with van der Waals surface area (Å²) in [5.41, 5.74) is 8.77. The lowest BCUT2D eigenvalue weighted by Gasteiger charge is -2.27. The summed E-state index contributed by atoms with van der Waals surface area (Å²) in [5.74, 6) is 0. The van der Waals surface area contributed by atoms with Crippen molar-refractivity contribution in [3.8, 4) is 33.9 Å². The molecule has 4 heteroatoms. The first-order chi connectivity index (χ1) is 20.3. The van der Waals surface area contributed by atoms with Crippen molar-refractivity contribution in [2.45, 2.75) is 0 Å². The van der Waals surface area contributed by atoms with Gasteiger partial charge >= 0.3 is 0 Å². The second-order valence-electron chi connectivity index (χ2n) is 9.77. The van der Waals surface area contributed by atoms with Crippen LogP contribution >= 0.6 is 0 Å². The summed E-state index contributed by atoms with van der Waals surface area (Å²) >= 11 is 0. The van der Waals surface area contributed by atoms with Crippen molar-refractivity contribution in [3.63, 3.8) is 0 Å². The Labute approximate surface area is 239 Å². The van der Waals surface area contributed by atoms with Crippen LogP contribution in [0.5, 0.6) is 0 Å². The average molecular weight is 527 g/mol. The minimum atomic E-state index is 0.814. The van der Waals surface area contributed by atoms with Crippen LogP contribution < -0.4 is 4.90 Å². The highest BCUT2D eigenvalue weighted by molar-refractivity contribution is 5.99. The molecule has 0 atom stereocenters. The maximum atomic E-state index is 4.92. The summed E-state index contributed by atoms with van der Waals surface area (Å²) in [5, 5.41) is 2.42. The number of hydrogen-bond acceptors (Lipinski definition) is 4. The van der Waals surface area contributed by atoms with Gasteiger partial charge in [0.05, 0.1) is 28.5 Å². The van der Waals surface area contributed by atoms with E-state index >= 15 is 0 Å². The fourth-order valence-electron chi connectivity index (χ4n) is 5.20. The molecular weight excluding hydrogens is 500 g/mol. The topological polar surface area (TPSA) is 41.9 Å². The lowest BCUT2D eigenvalue weighted by molar-refractivity contribution is 1.22. The molecule has 0 amide bonds. The minimum Gasteiger partial charge on any atom is -0.310 e. The van der Waals surface area contributed by atoms with E-state index in [1.54, 1.807) is 12.4 Å². The second-order valence-corrected chi connectivity index (χ2v) is 9.77. The predicted molar refractivity (Wildman–Crippen MR) is 168 cm³/mol. The molecule has 0 bridgehead atoms. The van der Waals surface area contributed by atoms with Gasteiger partial charge in [0.25, 0.3) is 0 Å². The molecule has 41 heavy (non-hydrogen) atoms. The number of fused-ring (bicyclic) bond motifs is 1. The van der Waals surface area contributed by atoms with E-state index in [0.29, 0.717) is 0 Å². The van der Waals surface area contributed by atoms with E-state index in [0.717, 1.165) is 51.0 Å². The summed E-state index contributed by atoms with van der Waals surface area (Å²) in [6.07, 6.45) is 3.59. The first-order valence-electron chi connectivity index (χ1n) is 13.6. The summed E-state index contributed by atoms with van der Waals surface area (Å²) in [6.45, 7) is 0. The summed E-state index contributed by atoms with van der Waals surface area (Å²) in [7, 11) is 0. The molecule has 0 spiro atoms. The second kappa shape index (κ2) is 10.9. The van der Waals surface area contributed by atoms with Gasteiger partial charge < -0.3 is 4.90 Å². The molecule has 0 saturated carbocycles. The molecule has 0 unspecified atom stereocenters. The zero-order chi connectivity index (χ0) is 27.4. The SMILES string of the molecule is c1ccc(N(c2ccc(-c3cc(-c4ccccn4)nc(-c4ccccn4)c3)cc2)c2cccc3ccccc23)cc1. The van der Waals surface area contributed by atoms with Crippen LogP contribution in [0, 0.1) is 0 Å². The Morgan fingerprint density at radius 1 is 0.415 bits per heavy atom. The number of para-hydroxylation sites is 1. The fourth-order valence-corrected chi connectivity index (χ4v) is 5.20. The van der Waals surface area contributed by atoms with Crippen LogP contribution in [0.15, 0.2) is 158 Å². The molecule has 0 N–H and O–H groups in total. The third-order valence-corrected chi connectivity index (χ3v) is 7.16. The van der Waals surface area contributed by atoms with Crippen molar-refractivity contribution in [2.24, 2.45) is 0 Å². The van der Waals surface area contributed by atoms with E-state index in [1.807, 2.05) is 36.4 Å². The van der Waals surface area contributed by atoms with Crippen LogP contribution in [0.4, 0.5) is 17.1 Å². The first-order valence-corrected chi connectivity index (χ1v) is 13.6. The lowest BCUT2D eigenvalue weighted by atomic mass is 10.0. The van der Waals surface area contributed by atoms with Crippen LogP contribution in [-0.4, -0.2) is 15.0 Å². The van der Waals surface area contributed by atoms with Crippen LogP contribution in [0.25, 0.3) is 44.7 Å². The van der Waals surface area contributed by atoms with Gasteiger partial charge in [0, 0.05) is 29.2 Å². The number of nitrogens with zero attached hydrogens (tertiary/aromatic N) is 4. The molecule has 0 fully saturated rings. The highest BCUT2D eigenvalue weighted by atomic mass is 15.1. The Balaban J connectivity index is 1.34. The molecule has 0 aliphatic carbocycles. The third-order valence-electron chi connectivity index (χ3n) is 7.16. The van der Waals surface area contributed by atoms with E-state index < -0.39 is 0 Å². The van der Waals surface area contributed by atoms with E-state index in [1.165, 1.54) is 10.8 Å². The molecule has 194 valence electrons. The zero-order valence-electron chi connectivity index (χ0n) is 22.3. The van der Waals surface area contributed by atoms with Gasteiger partial charge in [0.15, 0.2) is 0 Å². The van der Waals surface area contributed by atoms with Gasteiger partial charge in [-0.2, -0.15) is 0 Å². The molecule has 0 aliphatic heterocycles. The summed E-state index contributed by atoms with van der Waals surface area (Å²) < 4.78 is 0. The van der Waals surface area contributed by atoms with Crippen molar-refractivity contribution in [3.05, 3.63) is 158 Å².